The zero-order chi connectivity index (χ0) is 14.0. The number of rotatable bonds is 3. The van der Waals surface area contributed by atoms with E-state index < -0.39 is 0 Å². The van der Waals surface area contributed by atoms with Gasteiger partial charge in [0.15, 0.2) is 0 Å². The highest BCUT2D eigenvalue weighted by atomic mass is 16.2. The van der Waals surface area contributed by atoms with Crippen molar-refractivity contribution in [1.29, 1.82) is 0 Å². The first kappa shape index (κ1) is 14.0. The SMILES string of the molecule is CN1CCN(Cc2nccn2C)[C@H](C(=O)N(C)C)C1. The van der Waals surface area contributed by atoms with Crippen LogP contribution in [0.1, 0.15) is 5.82 Å². The summed E-state index contributed by atoms with van der Waals surface area (Å²) in [7, 11) is 7.68. The lowest BCUT2D eigenvalue weighted by Gasteiger charge is -2.39. The number of amides is 1. The summed E-state index contributed by atoms with van der Waals surface area (Å²) in [4.78, 5) is 22.8. The van der Waals surface area contributed by atoms with E-state index in [0.717, 1.165) is 32.0 Å². The summed E-state index contributed by atoms with van der Waals surface area (Å²) in [6, 6.07) is -0.0783. The third kappa shape index (κ3) is 3.13. The lowest BCUT2D eigenvalue weighted by molar-refractivity contribution is -0.137. The molecule has 106 valence electrons. The fourth-order valence-corrected chi connectivity index (χ4v) is 2.41. The molecule has 1 atom stereocenters. The van der Waals surface area contributed by atoms with Gasteiger partial charge in [0.05, 0.1) is 6.54 Å². The molecule has 0 saturated carbocycles. The highest BCUT2D eigenvalue weighted by Crippen LogP contribution is 2.13. The molecular formula is C13H23N5O. The second-order valence-corrected chi connectivity index (χ2v) is 5.44. The molecule has 1 aliphatic rings. The molecule has 1 fully saturated rings. The molecule has 0 aromatic carbocycles. The van der Waals surface area contributed by atoms with Crippen LogP contribution in [0.15, 0.2) is 12.4 Å². The summed E-state index contributed by atoms with van der Waals surface area (Å²) in [5.74, 6) is 1.17. The molecule has 2 rings (SSSR count). The molecule has 0 bridgehead atoms. The van der Waals surface area contributed by atoms with Crippen molar-refractivity contribution >= 4 is 5.91 Å². The average molecular weight is 265 g/mol. The summed E-state index contributed by atoms with van der Waals surface area (Å²) < 4.78 is 2.01. The molecule has 6 nitrogen and oxygen atoms in total. The fourth-order valence-electron chi connectivity index (χ4n) is 2.41. The van der Waals surface area contributed by atoms with Gasteiger partial charge in [-0.3, -0.25) is 9.69 Å². The topological polar surface area (TPSA) is 44.6 Å². The predicted molar refractivity (Wildman–Crippen MR) is 73.6 cm³/mol. The largest absolute Gasteiger partial charge is 0.347 e. The van der Waals surface area contributed by atoms with Gasteiger partial charge in [-0.15, -0.1) is 0 Å². The van der Waals surface area contributed by atoms with Crippen LogP contribution < -0.4 is 0 Å². The Morgan fingerprint density at radius 1 is 1.42 bits per heavy atom. The van der Waals surface area contributed by atoms with Gasteiger partial charge in [-0.1, -0.05) is 0 Å². The van der Waals surface area contributed by atoms with Crippen LogP contribution in [0, 0.1) is 0 Å². The molecule has 2 heterocycles. The molecule has 1 saturated heterocycles. The molecule has 0 aliphatic carbocycles. The van der Waals surface area contributed by atoms with Gasteiger partial charge in [0.25, 0.3) is 0 Å². The van der Waals surface area contributed by atoms with Gasteiger partial charge >= 0.3 is 0 Å². The van der Waals surface area contributed by atoms with E-state index in [2.05, 4.69) is 21.8 Å². The Labute approximate surface area is 114 Å². The molecular weight excluding hydrogens is 242 g/mol. The van der Waals surface area contributed by atoms with E-state index in [1.54, 1.807) is 11.1 Å². The minimum Gasteiger partial charge on any atom is -0.347 e. The monoisotopic (exact) mass is 265 g/mol. The summed E-state index contributed by atoms with van der Waals surface area (Å²) in [6.45, 7) is 3.39. The first-order valence-corrected chi connectivity index (χ1v) is 6.59. The quantitative estimate of drug-likeness (QED) is 0.748. The number of nitrogens with zero attached hydrogens (tertiary/aromatic N) is 5. The molecule has 0 radical (unpaired) electrons. The van der Waals surface area contributed by atoms with E-state index in [1.807, 2.05) is 31.9 Å². The number of carbonyl (C=O) groups excluding carboxylic acids is 1. The van der Waals surface area contributed by atoms with Gasteiger partial charge in [-0.25, -0.2) is 4.98 Å². The Morgan fingerprint density at radius 3 is 2.74 bits per heavy atom. The smallest absolute Gasteiger partial charge is 0.240 e. The molecule has 19 heavy (non-hydrogen) atoms. The normalized spacial score (nSPS) is 21.6. The van der Waals surface area contributed by atoms with Gasteiger partial charge < -0.3 is 14.4 Å². The Balaban J connectivity index is 2.12. The molecule has 6 heteroatoms. The summed E-state index contributed by atoms with van der Waals surface area (Å²) >= 11 is 0. The van der Waals surface area contributed by atoms with Crippen LogP contribution in [0.4, 0.5) is 0 Å². The number of aryl methyl sites for hydroxylation is 1. The minimum atomic E-state index is -0.0783. The maximum absolute atomic E-state index is 12.3. The van der Waals surface area contributed by atoms with E-state index in [4.69, 9.17) is 0 Å². The van der Waals surface area contributed by atoms with Crippen molar-refractivity contribution < 1.29 is 4.79 Å². The van der Waals surface area contributed by atoms with Crippen molar-refractivity contribution in [3.05, 3.63) is 18.2 Å². The van der Waals surface area contributed by atoms with Crippen LogP contribution >= 0.6 is 0 Å². The van der Waals surface area contributed by atoms with Gasteiger partial charge in [-0.05, 0) is 7.05 Å². The highest BCUT2D eigenvalue weighted by Gasteiger charge is 2.32. The first-order valence-electron chi connectivity index (χ1n) is 6.59. The second kappa shape index (κ2) is 5.71. The molecule has 0 unspecified atom stereocenters. The molecule has 1 aromatic rings. The fraction of sp³-hybridized carbons (Fsp3) is 0.692. The van der Waals surface area contributed by atoms with Crippen LogP contribution in [0.2, 0.25) is 0 Å². The lowest BCUT2D eigenvalue weighted by atomic mass is 10.1. The number of likely N-dealkylation sites (N-methyl/N-ethyl adjacent to an activating group) is 2. The van der Waals surface area contributed by atoms with Crippen molar-refractivity contribution in [2.24, 2.45) is 7.05 Å². The zero-order valence-electron chi connectivity index (χ0n) is 12.2. The first-order chi connectivity index (χ1) is 8.99. The average Bonchev–Trinajstić information content (AvgIpc) is 2.76. The minimum absolute atomic E-state index is 0.0783. The zero-order valence-corrected chi connectivity index (χ0v) is 12.2. The van der Waals surface area contributed by atoms with Crippen LogP contribution in [-0.2, 0) is 18.4 Å². The summed E-state index contributed by atoms with van der Waals surface area (Å²) in [5, 5.41) is 0. The summed E-state index contributed by atoms with van der Waals surface area (Å²) in [6.07, 6.45) is 3.74. The van der Waals surface area contributed by atoms with Crippen LogP contribution in [0.25, 0.3) is 0 Å². The number of hydrogen-bond donors (Lipinski definition) is 0. The molecule has 1 aliphatic heterocycles. The predicted octanol–water partition coefficient (Wildman–Crippen LogP) is -0.376. The van der Waals surface area contributed by atoms with E-state index >= 15 is 0 Å². The van der Waals surface area contributed by atoms with Gasteiger partial charge in [0, 0.05) is 53.2 Å². The van der Waals surface area contributed by atoms with Crippen molar-refractivity contribution in [1.82, 2.24) is 24.3 Å². The van der Waals surface area contributed by atoms with Gasteiger partial charge in [-0.2, -0.15) is 0 Å². The lowest BCUT2D eigenvalue weighted by Crippen LogP contribution is -2.57. The Bertz CT molecular complexity index is 442. The van der Waals surface area contributed by atoms with Crippen LogP contribution in [-0.4, -0.2) is 77.0 Å². The highest BCUT2D eigenvalue weighted by molar-refractivity contribution is 5.81. The molecule has 0 spiro atoms. The maximum atomic E-state index is 12.3. The van der Waals surface area contributed by atoms with E-state index in [0.29, 0.717) is 0 Å². The van der Waals surface area contributed by atoms with Crippen molar-refractivity contribution in [2.45, 2.75) is 12.6 Å². The number of carbonyl (C=O) groups is 1. The Morgan fingerprint density at radius 2 is 2.16 bits per heavy atom. The Hall–Kier alpha value is -1.40. The van der Waals surface area contributed by atoms with E-state index in [1.165, 1.54) is 0 Å². The second-order valence-electron chi connectivity index (χ2n) is 5.44. The molecule has 1 aromatic heterocycles. The third-order valence-electron chi connectivity index (χ3n) is 3.69. The van der Waals surface area contributed by atoms with Gasteiger partial charge in [0.1, 0.15) is 11.9 Å². The van der Waals surface area contributed by atoms with Gasteiger partial charge in [0.2, 0.25) is 5.91 Å². The van der Waals surface area contributed by atoms with Crippen molar-refractivity contribution in [2.75, 3.05) is 40.8 Å². The van der Waals surface area contributed by atoms with Crippen molar-refractivity contribution in [3.8, 4) is 0 Å². The number of aromatic nitrogens is 2. The third-order valence-corrected chi connectivity index (χ3v) is 3.69. The van der Waals surface area contributed by atoms with Crippen molar-refractivity contribution in [3.63, 3.8) is 0 Å². The molecule has 1 amide bonds. The van der Waals surface area contributed by atoms with Crippen LogP contribution in [0.3, 0.4) is 0 Å². The maximum Gasteiger partial charge on any atom is 0.240 e. The van der Waals surface area contributed by atoms with Crippen LogP contribution in [0.5, 0.6) is 0 Å². The Kier molecular flexibility index (Phi) is 4.21. The van der Waals surface area contributed by atoms with E-state index in [-0.39, 0.29) is 11.9 Å². The standard InChI is InChI=1S/C13H23N5O/c1-15(2)13(19)11-9-16(3)7-8-18(11)10-12-14-5-6-17(12)4/h5-6,11H,7-10H2,1-4H3/t11-/m0/s1. The summed E-state index contributed by atoms with van der Waals surface area (Å²) in [5.41, 5.74) is 0. The van der Waals surface area contributed by atoms with E-state index in [9.17, 15) is 4.79 Å². The number of imidazole rings is 1. The molecule has 0 N–H and O–H groups in total. The number of hydrogen-bond acceptors (Lipinski definition) is 4. The number of piperazine rings is 1.